The van der Waals surface area contributed by atoms with Crippen molar-refractivity contribution >= 4 is 5.78 Å². The number of hydrogen-bond acceptors (Lipinski definition) is 2. The van der Waals surface area contributed by atoms with Crippen molar-refractivity contribution in [2.45, 2.75) is 33.6 Å². The van der Waals surface area contributed by atoms with Gasteiger partial charge in [-0.15, -0.1) is 0 Å². The smallest absolute Gasteiger partial charge is 0.141 e. The molecule has 1 aliphatic heterocycles. The lowest BCUT2D eigenvalue weighted by molar-refractivity contribution is -0.130. The average Bonchev–Trinajstić information content (AvgIpc) is 2.58. The Hall–Kier alpha value is -0.370. The number of Topliss-reactive ketones (excluding diaryl/α,β-unsaturated/α-hetero) is 1. The fraction of sp³-hybridized carbons (Fsp3) is 0.917. The fourth-order valence-electron chi connectivity index (χ4n) is 2.99. The van der Waals surface area contributed by atoms with Crippen molar-refractivity contribution < 1.29 is 4.79 Å². The quantitative estimate of drug-likeness (QED) is 0.692. The van der Waals surface area contributed by atoms with Crippen molar-refractivity contribution in [1.82, 2.24) is 5.32 Å². The first-order valence-corrected chi connectivity index (χ1v) is 5.73. The second kappa shape index (κ2) is 3.34. The zero-order chi connectivity index (χ0) is 10.3. The predicted octanol–water partition coefficient (Wildman–Crippen LogP) is 1.85. The van der Waals surface area contributed by atoms with Crippen molar-refractivity contribution in [2.75, 3.05) is 13.1 Å². The van der Waals surface area contributed by atoms with E-state index in [1.54, 1.807) is 0 Å². The van der Waals surface area contributed by atoms with Gasteiger partial charge in [-0.1, -0.05) is 20.8 Å². The summed E-state index contributed by atoms with van der Waals surface area (Å²) in [7, 11) is 0. The van der Waals surface area contributed by atoms with Crippen LogP contribution in [0.2, 0.25) is 0 Å². The standard InChI is InChI=1S/C12H21NO/c1-12(2,3)11(14)8-4-9-6-13-7-10(9)5-8/h8-10,13H,4-7H2,1-3H3/t8?,9-,10+. The highest BCUT2D eigenvalue weighted by Crippen LogP contribution is 2.41. The Morgan fingerprint density at radius 1 is 1.14 bits per heavy atom. The van der Waals surface area contributed by atoms with Crippen molar-refractivity contribution in [3.8, 4) is 0 Å². The molecule has 0 bridgehead atoms. The second-order valence-electron chi connectivity index (χ2n) is 5.96. The van der Waals surface area contributed by atoms with Gasteiger partial charge in [0.1, 0.15) is 5.78 Å². The van der Waals surface area contributed by atoms with Gasteiger partial charge in [-0.2, -0.15) is 0 Å². The molecule has 2 heteroatoms. The van der Waals surface area contributed by atoms with Gasteiger partial charge in [0.15, 0.2) is 0 Å². The van der Waals surface area contributed by atoms with Crippen LogP contribution in [0.5, 0.6) is 0 Å². The number of ketones is 1. The van der Waals surface area contributed by atoms with Crippen LogP contribution in [0.15, 0.2) is 0 Å². The summed E-state index contributed by atoms with van der Waals surface area (Å²) in [5.41, 5.74) is -0.142. The van der Waals surface area contributed by atoms with Crippen LogP contribution >= 0.6 is 0 Å². The third-order valence-electron chi connectivity index (χ3n) is 3.76. The van der Waals surface area contributed by atoms with E-state index in [0.29, 0.717) is 11.7 Å². The van der Waals surface area contributed by atoms with Gasteiger partial charge in [-0.25, -0.2) is 0 Å². The first kappa shape index (κ1) is 10.2. The molecule has 0 aromatic heterocycles. The second-order valence-corrected chi connectivity index (χ2v) is 5.96. The van der Waals surface area contributed by atoms with E-state index < -0.39 is 0 Å². The molecular formula is C12H21NO. The van der Waals surface area contributed by atoms with E-state index in [1.165, 1.54) is 0 Å². The average molecular weight is 195 g/mol. The van der Waals surface area contributed by atoms with Crippen molar-refractivity contribution in [2.24, 2.45) is 23.2 Å². The van der Waals surface area contributed by atoms with Crippen LogP contribution in [-0.2, 0) is 4.79 Å². The van der Waals surface area contributed by atoms with Gasteiger partial charge in [0.05, 0.1) is 0 Å². The molecule has 0 radical (unpaired) electrons. The molecule has 0 aromatic carbocycles. The van der Waals surface area contributed by atoms with Gasteiger partial charge in [0.25, 0.3) is 0 Å². The Morgan fingerprint density at radius 2 is 1.64 bits per heavy atom. The zero-order valence-electron chi connectivity index (χ0n) is 9.47. The van der Waals surface area contributed by atoms with Gasteiger partial charge < -0.3 is 5.32 Å². The van der Waals surface area contributed by atoms with Crippen LogP contribution < -0.4 is 5.32 Å². The molecule has 3 atom stereocenters. The number of nitrogens with one attached hydrogen (secondary N) is 1. The first-order chi connectivity index (χ1) is 6.48. The van der Waals surface area contributed by atoms with E-state index in [2.05, 4.69) is 5.32 Å². The van der Waals surface area contributed by atoms with Crippen LogP contribution in [0.1, 0.15) is 33.6 Å². The SMILES string of the molecule is CC(C)(C)C(=O)C1C[C@H]2CNC[C@H]2C1. The van der Waals surface area contributed by atoms with Crippen LogP contribution in [0.4, 0.5) is 0 Å². The Bertz CT molecular complexity index is 229. The maximum absolute atomic E-state index is 12.1. The largest absolute Gasteiger partial charge is 0.316 e. The summed E-state index contributed by atoms with van der Waals surface area (Å²) in [5, 5.41) is 3.41. The van der Waals surface area contributed by atoms with Crippen molar-refractivity contribution in [3.63, 3.8) is 0 Å². The van der Waals surface area contributed by atoms with E-state index in [-0.39, 0.29) is 5.41 Å². The molecule has 0 spiro atoms. The highest BCUT2D eigenvalue weighted by atomic mass is 16.1. The summed E-state index contributed by atoms with van der Waals surface area (Å²) < 4.78 is 0. The number of fused-ring (bicyclic) bond motifs is 1. The Labute approximate surface area is 86.5 Å². The molecular weight excluding hydrogens is 174 g/mol. The van der Waals surface area contributed by atoms with Crippen LogP contribution in [0.3, 0.4) is 0 Å². The van der Waals surface area contributed by atoms with Gasteiger partial charge >= 0.3 is 0 Å². The van der Waals surface area contributed by atoms with Crippen molar-refractivity contribution in [3.05, 3.63) is 0 Å². The van der Waals surface area contributed by atoms with Gasteiger partial charge in [-0.05, 0) is 37.8 Å². The molecule has 80 valence electrons. The topological polar surface area (TPSA) is 29.1 Å². The van der Waals surface area contributed by atoms with Gasteiger partial charge in [-0.3, -0.25) is 4.79 Å². The first-order valence-electron chi connectivity index (χ1n) is 5.73. The van der Waals surface area contributed by atoms with E-state index in [9.17, 15) is 4.79 Å². The Kier molecular flexibility index (Phi) is 2.42. The minimum absolute atomic E-state index is 0.142. The van der Waals surface area contributed by atoms with Gasteiger partial charge in [0, 0.05) is 11.3 Å². The fourth-order valence-corrected chi connectivity index (χ4v) is 2.99. The molecule has 1 saturated carbocycles. The van der Waals surface area contributed by atoms with Crippen LogP contribution in [0.25, 0.3) is 0 Å². The lowest BCUT2D eigenvalue weighted by Gasteiger charge is -2.21. The zero-order valence-corrected chi connectivity index (χ0v) is 9.47. The molecule has 1 N–H and O–H groups in total. The van der Waals surface area contributed by atoms with E-state index in [1.807, 2.05) is 20.8 Å². The molecule has 2 aliphatic rings. The lowest BCUT2D eigenvalue weighted by atomic mass is 9.82. The van der Waals surface area contributed by atoms with Crippen molar-refractivity contribution in [1.29, 1.82) is 0 Å². The highest BCUT2D eigenvalue weighted by Gasteiger charge is 2.42. The molecule has 14 heavy (non-hydrogen) atoms. The minimum Gasteiger partial charge on any atom is -0.316 e. The number of rotatable bonds is 1. The summed E-state index contributed by atoms with van der Waals surface area (Å²) in [4.78, 5) is 12.1. The van der Waals surface area contributed by atoms with E-state index >= 15 is 0 Å². The number of carbonyl (C=O) groups is 1. The Morgan fingerprint density at radius 3 is 2.07 bits per heavy atom. The van der Waals surface area contributed by atoms with E-state index in [0.717, 1.165) is 37.8 Å². The summed E-state index contributed by atoms with van der Waals surface area (Å²) in [5.74, 6) is 2.40. The molecule has 0 aromatic rings. The minimum atomic E-state index is -0.142. The maximum atomic E-state index is 12.1. The Balaban J connectivity index is 1.99. The summed E-state index contributed by atoms with van der Waals surface area (Å²) in [6, 6.07) is 0. The number of hydrogen-bond donors (Lipinski definition) is 1. The van der Waals surface area contributed by atoms with E-state index in [4.69, 9.17) is 0 Å². The summed E-state index contributed by atoms with van der Waals surface area (Å²) in [6.45, 7) is 8.40. The molecule has 1 aliphatic carbocycles. The summed E-state index contributed by atoms with van der Waals surface area (Å²) in [6.07, 6.45) is 2.27. The molecule has 0 amide bonds. The molecule has 1 unspecified atom stereocenters. The van der Waals surface area contributed by atoms with Gasteiger partial charge in [0.2, 0.25) is 0 Å². The molecule has 2 nitrogen and oxygen atoms in total. The van der Waals surface area contributed by atoms with Crippen LogP contribution in [-0.4, -0.2) is 18.9 Å². The maximum Gasteiger partial charge on any atom is 0.141 e. The third-order valence-corrected chi connectivity index (χ3v) is 3.76. The molecule has 1 heterocycles. The summed E-state index contributed by atoms with van der Waals surface area (Å²) >= 11 is 0. The molecule has 2 rings (SSSR count). The molecule has 1 saturated heterocycles. The van der Waals surface area contributed by atoms with Crippen LogP contribution in [0, 0.1) is 23.2 Å². The number of carbonyl (C=O) groups excluding carboxylic acids is 1. The normalized spacial score (nSPS) is 37.2. The monoisotopic (exact) mass is 195 g/mol. The third kappa shape index (κ3) is 1.72. The highest BCUT2D eigenvalue weighted by molar-refractivity contribution is 5.86. The predicted molar refractivity (Wildman–Crippen MR) is 57.0 cm³/mol. The molecule has 2 fully saturated rings. The lowest BCUT2D eigenvalue weighted by Crippen LogP contribution is -2.28.